The van der Waals surface area contributed by atoms with Crippen molar-refractivity contribution in [3.8, 4) is 28.7 Å². The van der Waals surface area contributed by atoms with Crippen molar-refractivity contribution in [2.45, 2.75) is 0 Å². The minimum atomic E-state index is -0.602. The second-order valence-corrected chi connectivity index (χ2v) is 7.00. The number of hydrogen-bond donors (Lipinski definition) is 1. The maximum Gasteiger partial charge on any atom is 0.323 e. The van der Waals surface area contributed by atoms with Gasteiger partial charge in [-0.05, 0) is 60.7 Å². The highest BCUT2D eigenvalue weighted by Crippen LogP contribution is 2.37. The molecule has 2 amide bonds. The number of aromatic nitrogens is 1. The van der Waals surface area contributed by atoms with Crippen molar-refractivity contribution in [3.63, 3.8) is 0 Å². The fraction of sp³-hybridized carbons (Fsp3) is 0.120. The average molecular weight is 445 g/mol. The van der Waals surface area contributed by atoms with Crippen LogP contribution < -0.4 is 29.6 Å². The number of urea groups is 1. The van der Waals surface area contributed by atoms with E-state index in [1.807, 2.05) is 6.07 Å². The van der Waals surface area contributed by atoms with Gasteiger partial charge in [0.15, 0.2) is 11.5 Å². The zero-order valence-electron chi connectivity index (χ0n) is 18.4. The Morgan fingerprint density at radius 2 is 1.33 bits per heavy atom. The fourth-order valence-corrected chi connectivity index (χ4v) is 3.46. The first-order valence-electron chi connectivity index (χ1n) is 10.1. The highest BCUT2D eigenvalue weighted by atomic mass is 16.5. The van der Waals surface area contributed by atoms with Gasteiger partial charge in [0.05, 0.1) is 38.2 Å². The first kappa shape index (κ1) is 21.8. The van der Waals surface area contributed by atoms with Gasteiger partial charge in [-0.3, -0.25) is 9.88 Å². The van der Waals surface area contributed by atoms with E-state index in [-0.39, 0.29) is 0 Å². The molecule has 1 aromatic heterocycles. The van der Waals surface area contributed by atoms with E-state index < -0.39 is 6.03 Å². The van der Waals surface area contributed by atoms with Crippen molar-refractivity contribution in [1.29, 1.82) is 0 Å². The predicted octanol–water partition coefficient (Wildman–Crippen LogP) is 5.27. The number of methoxy groups -OCH3 is 3. The van der Waals surface area contributed by atoms with E-state index >= 15 is 0 Å². The summed E-state index contributed by atoms with van der Waals surface area (Å²) in [6, 6.07) is 18.9. The molecule has 0 aliphatic rings. The van der Waals surface area contributed by atoms with Gasteiger partial charge in [0.2, 0.25) is 0 Å². The molecular formula is C25H23N3O5. The van der Waals surface area contributed by atoms with E-state index in [9.17, 15) is 4.79 Å². The van der Waals surface area contributed by atoms with Crippen molar-refractivity contribution in [2.75, 3.05) is 26.2 Å². The number of fused-ring (bicyclic) bond motifs is 1. The molecule has 0 radical (unpaired) electrons. The molecule has 3 aromatic carbocycles. The number of carbonyl (C=O) groups is 1. The van der Waals surface area contributed by atoms with Crippen LogP contribution in [0.25, 0.3) is 10.9 Å². The third kappa shape index (κ3) is 4.45. The zero-order chi connectivity index (χ0) is 23.4. The van der Waals surface area contributed by atoms with E-state index in [0.29, 0.717) is 45.6 Å². The minimum Gasteiger partial charge on any atom is -0.497 e. The number of nitrogens with zero attached hydrogens (tertiary/aromatic N) is 2. The molecule has 1 heterocycles. The molecule has 0 unspecified atom stereocenters. The van der Waals surface area contributed by atoms with E-state index in [1.54, 1.807) is 88.2 Å². The third-order valence-electron chi connectivity index (χ3n) is 5.08. The molecule has 168 valence electrons. The summed E-state index contributed by atoms with van der Waals surface area (Å²) in [5, 5.41) is 0.774. The van der Waals surface area contributed by atoms with Crippen LogP contribution in [-0.2, 0) is 0 Å². The molecule has 8 heteroatoms. The first-order valence-corrected chi connectivity index (χ1v) is 10.1. The van der Waals surface area contributed by atoms with Crippen LogP contribution in [0.15, 0.2) is 72.9 Å². The maximum absolute atomic E-state index is 12.1. The molecule has 8 nitrogen and oxygen atoms in total. The van der Waals surface area contributed by atoms with Gasteiger partial charge in [-0.25, -0.2) is 4.79 Å². The summed E-state index contributed by atoms with van der Waals surface area (Å²) in [5.74, 6) is 3.04. The van der Waals surface area contributed by atoms with Crippen LogP contribution in [0.2, 0.25) is 0 Å². The number of nitrogens with two attached hydrogens (primary N) is 1. The zero-order valence-corrected chi connectivity index (χ0v) is 18.4. The number of carbonyl (C=O) groups excluding carboxylic acids is 1. The van der Waals surface area contributed by atoms with Gasteiger partial charge in [-0.15, -0.1) is 0 Å². The fourth-order valence-electron chi connectivity index (χ4n) is 3.46. The second kappa shape index (κ2) is 9.35. The van der Waals surface area contributed by atoms with Crippen LogP contribution in [0.1, 0.15) is 0 Å². The van der Waals surface area contributed by atoms with Gasteiger partial charge in [0.25, 0.3) is 0 Å². The van der Waals surface area contributed by atoms with Gasteiger partial charge in [0, 0.05) is 17.6 Å². The Morgan fingerprint density at radius 1 is 0.758 bits per heavy atom. The van der Waals surface area contributed by atoms with Crippen LogP contribution in [0.3, 0.4) is 0 Å². The molecule has 2 N–H and O–H groups in total. The molecule has 0 atom stereocenters. The van der Waals surface area contributed by atoms with E-state index in [1.165, 1.54) is 4.90 Å². The SMILES string of the molecule is COc1ccc(N(C(N)=O)c2ccc(Oc3ccnc4cc(OC)c(OC)cc34)cc2)cc1. The molecule has 0 bridgehead atoms. The Kier molecular flexibility index (Phi) is 6.17. The number of amides is 2. The number of hydrogen-bond acceptors (Lipinski definition) is 6. The summed E-state index contributed by atoms with van der Waals surface area (Å²) in [7, 11) is 4.73. The summed E-state index contributed by atoms with van der Waals surface area (Å²) in [6.45, 7) is 0. The van der Waals surface area contributed by atoms with Gasteiger partial charge in [-0.2, -0.15) is 0 Å². The lowest BCUT2D eigenvalue weighted by Gasteiger charge is -2.21. The summed E-state index contributed by atoms with van der Waals surface area (Å²) in [4.78, 5) is 17.9. The molecule has 4 rings (SSSR count). The molecule has 0 saturated carbocycles. The molecule has 33 heavy (non-hydrogen) atoms. The number of ether oxygens (including phenoxy) is 4. The van der Waals surface area contributed by atoms with Crippen LogP contribution in [-0.4, -0.2) is 32.3 Å². The Hall–Kier alpha value is -4.46. The molecule has 0 saturated heterocycles. The van der Waals surface area contributed by atoms with Gasteiger partial charge < -0.3 is 24.7 Å². The second-order valence-electron chi connectivity index (χ2n) is 7.00. The van der Waals surface area contributed by atoms with Gasteiger partial charge in [0.1, 0.15) is 17.2 Å². The lowest BCUT2D eigenvalue weighted by Crippen LogP contribution is -2.31. The third-order valence-corrected chi connectivity index (χ3v) is 5.08. The predicted molar refractivity (Wildman–Crippen MR) is 126 cm³/mol. The Bertz CT molecular complexity index is 1270. The topological polar surface area (TPSA) is 96.1 Å². The summed E-state index contributed by atoms with van der Waals surface area (Å²) in [6.07, 6.45) is 1.66. The summed E-state index contributed by atoms with van der Waals surface area (Å²) in [5.41, 5.74) is 7.58. The number of pyridine rings is 1. The normalized spacial score (nSPS) is 10.5. The minimum absolute atomic E-state index is 0.579. The molecule has 0 aliphatic carbocycles. The van der Waals surface area contributed by atoms with Gasteiger partial charge >= 0.3 is 6.03 Å². The largest absolute Gasteiger partial charge is 0.497 e. The number of primary amides is 1. The van der Waals surface area contributed by atoms with Gasteiger partial charge in [-0.1, -0.05) is 0 Å². The van der Waals surface area contributed by atoms with Crippen molar-refractivity contribution in [3.05, 3.63) is 72.9 Å². The Labute approximate surface area is 191 Å². The molecule has 0 fully saturated rings. The quantitative estimate of drug-likeness (QED) is 0.416. The van der Waals surface area contributed by atoms with Crippen LogP contribution >= 0.6 is 0 Å². The molecule has 4 aromatic rings. The molecular weight excluding hydrogens is 422 g/mol. The average Bonchev–Trinajstić information content (AvgIpc) is 2.84. The lowest BCUT2D eigenvalue weighted by atomic mass is 10.1. The monoisotopic (exact) mass is 445 g/mol. The van der Waals surface area contributed by atoms with Crippen LogP contribution in [0, 0.1) is 0 Å². The van der Waals surface area contributed by atoms with Crippen LogP contribution in [0.4, 0.5) is 16.2 Å². The van der Waals surface area contributed by atoms with Crippen molar-refractivity contribution < 1.29 is 23.7 Å². The Morgan fingerprint density at radius 3 is 1.88 bits per heavy atom. The lowest BCUT2D eigenvalue weighted by molar-refractivity contribution is 0.256. The number of benzene rings is 3. The van der Waals surface area contributed by atoms with Crippen molar-refractivity contribution >= 4 is 28.3 Å². The maximum atomic E-state index is 12.1. The van der Waals surface area contributed by atoms with E-state index in [2.05, 4.69) is 4.98 Å². The highest BCUT2D eigenvalue weighted by molar-refractivity contribution is 5.98. The van der Waals surface area contributed by atoms with E-state index in [4.69, 9.17) is 24.7 Å². The standard InChI is InChI=1S/C25H23N3O5/c1-30-18-8-4-16(5-9-18)28(25(26)29)17-6-10-19(11-7-17)33-22-12-13-27-21-15-24(32-3)23(31-2)14-20(21)22/h4-15H,1-3H3,(H2,26,29). The first-order chi connectivity index (χ1) is 16.0. The van der Waals surface area contributed by atoms with Crippen molar-refractivity contribution in [1.82, 2.24) is 4.98 Å². The molecule has 0 spiro atoms. The smallest absolute Gasteiger partial charge is 0.323 e. The summed E-state index contributed by atoms with van der Waals surface area (Å²) >= 11 is 0. The van der Waals surface area contributed by atoms with E-state index in [0.717, 1.165) is 5.39 Å². The van der Waals surface area contributed by atoms with Crippen molar-refractivity contribution in [2.24, 2.45) is 5.73 Å². The summed E-state index contributed by atoms with van der Waals surface area (Å²) < 4.78 is 22.0. The number of rotatable bonds is 7. The highest BCUT2D eigenvalue weighted by Gasteiger charge is 2.16. The van der Waals surface area contributed by atoms with Crippen LogP contribution in [0.5, 0.6) is 28.7 Å². The Balaban J connectivity index is 1.63. The molecule has 0 aliphatic heterocycles. The number of anilines is 2.